The van der Waals surface area contributed by atoms with Crippen LogP contribution < -0.4 is 4.57 Å². The topological polar surface area (TPSA) is 26.6 Å². The molecule has 0 unspecified atom stereocenters. The minimum atomic E-state index is -2.32. The van der Waals surface area contributed by atoms with Gasteiger partial charge in [0, 0.05) is 29.0 Å². The third-order valence-electron chi connectivity index (χ3n) is 5.27. The normalized spacial score (nSPS) is 14.8. The molecule has 0 aliphatic carbocycles. The highest BCUT2D eigenvalue weighted by Gasteiger charge is 2.37. The van der Waals surface area contributed by atoms with E-state index >= 15 is 0 Å². The molecule has 0 atom stereocenters. The van der Waals surface area contributed by atoms with Crippen LogP contribution in [0.15, 0.2) is 73.1 Å². The van der Waals surface area contributed by atoms with Crippen molar-refractivity contribution in [2.45, 2.75) is 6.54 Å². The van der Waals surface area contributed by atoms with E-state index in [9.17, 15) is 0 Å². The number of fused-ring (bicyclic) bond motifs is 7. The molecule has 0 bridgehead atoms. The highest BCUT2D eigenvalue weighted by Crippen LogP contribution is 2.37. The van der Waals surface area contributed by atoms with Crippen LogP contribution in [0.25, 0.3) is 39.1 Å². The van der Waals surface area contributed by atoms with Gasteiger partial charge in [-0.05, 0) is 24.3 Å². The molecule has 1 aliphatic rings. The molecule has 0 fully saturated rings. The standard InChI is InChI=1S/C22H17N4/c1-24-19-11-12-23-13-18(19)20-22(24)26(16-8-3-2-4-9-16)21-17-10-6-5-7-15(17)14-25(20)21/h2-13H,14H2,1H3/q+1/i1D3. The molecule has 4 heteroatoms. The van der Waals surface area contributed by atoms with Gasteiger partial charge in [0.2, 0.25) is 5.52 Å². The van der Waals surface area contributed by atoms with Gasteiger partial charge in [-0.15, -0.1) is 0 Å². The zero-order valence-corrected chi connectivity index (χ0v) is 13.9. The Kier molecular flexibility index (Phi) is 2.09. The Morgan fingerprint density at radius 3 is 2.77 bits per heavy atom. The number of imidazole rings is 1. The van der Waals surface area contributed by atoms with E-state index in [1.165, 1.54) is 10.1 Å². The van der Waals surface area contributed by atoms with Crippen LogP contribution in [0.4, 0.5) is 0 Å². The maximum atomic E-state index is 8.27. The summed E-state index contributed by atoms with van der Waals surface area (Å²) in [5.74, 6) is 1.00. The highest BCUT2D eigenvalue weighted by molar-refractivity contribution is 6.04. The second-order valence-electron chi connectivity index (χ2n) is 6.64. The lowest BCUT2D eigenvalue weighted by molar-refractivity contribution is -0.645. The fourth-order valence-electron chi connectivity index (χ4n) is 4.19. The molecule has 4 nitrogen and oxygen atoms in total. The summed E-state index contributed by atoms with van der Waals surface area (Å²) in [6.07, 6.45) is 3.42. The number of pyridine rings is 1. The van der Waals surface area contributed by atoms with Crippen molar-refractivity contribution in [1.82, 2.24) is 14.1 Å². The van der Waals surface area contributed by atoms with Crippen LogP contribution in [0, 0.1) is 0 Å². The molecule has 0 spiro atoms. The molecule has 0 saturated carbocycles. The summed E-state index contributed by atoms with van der Waals surface area (Å²) in [6, 6.07) is 20.0. The summed E-state index contributed by atoms with van der Waals surface area (Å²) in [6.45, 7) is -1.61. The van der Waals surface area contributed by atoms with E-state index in [0.717, 1.165) is 28.0 Å². The third kappa shape index (κ3) is 1.59. The second-order valence-corrected chi connectivity index (χ2v) is 6.64. The van der Waals surface area contributed by atoms with Crippen molar-refractivity contribution in [3.05, 3.63) is 78.6 Å². The number of rotatable bonds is 1. The number of aryl methyl sites for hydroxylation is 1. The number of aromatic nitrogens is 4. The molecule has 124 valence electrons. The smallest absolute Gasteiger partial charge is 0.297 e. The van der Waals surface area contributed by atoms with Crippen molar-refractivity contribution in [3.8, 4) is 17.1 Å². The Bertz CT molecular complexity index is 1410. The lowest BCUT2D eigenvalue weighted by Crippen LogP contribution is -2.31. The predicted molar refractivity (Wildman–Crippen MR) is 102 cm³/mol. The summed E-state index contributed by atoms with van der Waals surface area (Å²) in [7, 11) is 0. The van der Waals surface area contributed by atoms with E-state index in [0.29, 0.717) is 17.7 Å². The first kappa shape index (κ1) is 11.3. The van der Waals surface area contributed by atoms with Crippen LogP contribution in [0.5, 0.6) is 0 Å². The molecule has 2 aromatic carbocycles. The van der Waals surface area contributed by atoms with Crippen molar-refractivity contribution < 1.29 is 8.68 Å². The fourth-order valence-corrected chi connectivity index (χ4v) is 4.19. The summed E-state index contributed by atoms with van der Waals surface area (Å²) in [5.41, 5.74) is 5.53. The van der Waals surface area contributed by atoms with Gasteiger partial charge in [-0.1, -0.05) is 36.4 Å². The monoisotopic (exact) mass is 340 g/mol. The van der Waals surface area contributed by atoms with Gasteiger partial charge in [0.05, 0.1) is 16.5 Å². The number of hydrogen-bond donors (Lipinski definition) is 0. The molecule has 26 heavy (non-hydrogen) atoms. The van der Waals surface area contributed by atoms with Gasteiger partial charge in [-0.25, -0.2) is 4.57 Å². The Morgan fingerprint density at radius 1 is 1.04 bits per heavy atom. The van der Waals surface area contributed by atoms with Gasteiger partial charge in [0.15, 0.2) is 0 Å². The van der Waals surface area contributed by atoms with Gasteiger partial charge in [0.1, 0.15) is 12.2 Å². The van der Waals surface area contributed by atoms with Crippen LogP contribution in [0.3, 0.4) is 0 Å². The Balaban J connectivity index is 1.89. The summed E-state index contributed by atoms with van der Waals surface area (Å²) in [5, 5.41) is 0.849. The Labute approximate surface area is 154 Å². The molecule has 6 rings (SSSR count). The van der Waals surface area contributed by atoms with Gasteiger partial charge in [-0.3, -0.25) is 4.98 Å². The van der Waals surface area contributed by atoms with Crippen molar-refractivity contribution in [3.63, 3.8) is 0 Å². The summed E-state index contributed by atoms with van der Waals surface area (Å²) < 4.78 is 30.6. The van der Waals surface area contributed by atoms with Crippen molar-refractivity contribution in [1.29, 1.82) is 0 Å². The van der Waals surface area contributed by atoms with Crippen molar-refractivity contribution in [2.75, 3.05) is 0 Å². The van der Waals surface area contributed by atoms with Crippen LogP contribution in [-0.4, -0.2) is 14.1 Å². The lowest BCUT2D eigenvalue weighted by Gasteiger charge is -2.03. The second kappa shape index (κ2) is 4.82. The molecular weight excluding hydrogens is 320 g/mol. The molecule has 0 radical (unpaired) electrons. The van der Waals surface area contributed by atoms with Crippen molar-refractivity contribution in [2.24, 2.45) is 6.98 Å². The molecule has 0 saturated heterocycles. The third-order valence-corrected chi connectivity index (χ3v) is 5.27. The fraction of sp³-hybridized carbons (Fsp3) is 0.0909. The van der Waals surface area contributed by atoms with E-state index in [2.05, 4.69) is 26.3 Å². The van der Waals surface area contributed by atoms with Crippen LogP contribution in [0.1, 0.15) is 9.68 Å². The highest BCUT2D eigenvalue weighted by atomic mass is 15.3. The average molecular weight is 340 g/mol. The van der Waals surface area contributed by atoms with Crippen molar-refractivity contribution >= 4 is 22.1 Å². The molecule has 4 heterocycles. The number of benzene rings is 2. The van der Waals surface area contributed by atoms with E-state index in [1.54, 1.807) is 18.5 Å². The van der Waals surface area contributed by atoms with Crippen LogP contribution >= 0.6 is 0 Å². The maximum absolute atomic E-state index is 8.27. The summed E-state index contributed by atoms with van der Waals surface area (Å²) in [4.78, 5) is 4.30. The number of hydrogen-bond acceptors (Lipinski definition) is 1. The predicted octanol–water partition coefficient (Wildman–Crippen LogP) is 3.83. The SMILES string of the molecule is [2H]C([2H])([2H])n1c2ccncc2c2c1n(-c1ccccc1)c1[n+]2Cc2ccccc2-1. The van der Waals surface area contributed by atoms with E-state index in [-0.39, 0.29) is 0 Å². The first-order valence-electron chi connectivity index (χ1n) is 10.1. The zero-order chi connectivity index (χ0) is 19.8. The van der Waals surface area contributed by atoms with Gasteiger partial charge in [-0.2, -0.15) is 4.57 Å². The number of nitrogens with zero attached hydrogens (tertiary/aromatic N) is 4. The molecular formula is C22H17N4+. The first-order valence-corrected chi connectivity index (χ1v) is 8.62. The van der Waals surface area contributed by atoms with E-state index in [4.69, 9.17) is 4.11 Å². The van der Waals surface area contributed by atoms with Crippen LogP contribution in [-0.2, 0) is 13.5 Å². The quantitative estimate of drug-likeness (QED) is 0.418. The number of para-hydroxylation sites is 1. The largest absolute Gasteiger partial charge is 0.307 e. The average Bonchev–Trinajstić information content (AvgIpc) is 3.34. The summed E-state index contributed by atoms with van der Waals surface area (Å²) >= 11 is 0. The van der Waals surface area contributed by atoms with E-state index < -0.39 is 6.98 Å². The molecule has 1 aliphatic heterocycles. The minimum absolute atomic E-state index is 0.668. The zero-order valence-electron chi connectivity index (χ0n) is 16.9. The Hall–Kier alpha value is -3.40. The molecule has 3 aromatic heterocycles. The molecule has 0 amide bonds. The van der Waals surface area contributed by atoms with Gasteiger partial charge >= 0.3 is 0 Å². The van der Waals surface area contributed by atoms with E-state index in [1.807, 2.05) is 42.5 Å². The molecule has 0 N–H and O–H groups in total. The van der Waals surface area contributed by atoms with Crippen LogP contribution in [0.2, 0.25) is 0 Å². The lowest BCUT2D eigenvalue weighted by atomic mass is 10.1. The van der Waals surface area contributed by atoms with Gasteiger partial charge in [0.25, 0.3) is 11.5 Å². The molecule has 5 aromatic rings. The maximum Gasteiger partial charge on any atom is 0.297 e. The first-order chi connectivity index (χ1) is 14.1. The van der Waals surface area contributed by atoms with Gasteiger partial charge < -0.3 is 4.57 Å². The minimum Gasteiger partial charge on any atom is -0.307 e. The Morgan fingerprint density at radius 2 is 1.88 bits per heavy atom.